The average Bonchev–Trinajstić information content (AvgIpc) is 3.41. The number of hydrogen-bond donors (Lipinski definition) is 4. The molecule has 16 heteroatoms. The van der Waals surface area contributed by atoms with E-state index in [1.165, 1.54) is 48.5 Å². The molecule has 0 bridgehead atoms. The van der Waals surface area contributed by atoms with E-state index in [4.69, 9.17) is 23.2 Å². The summed E-state index contributed by atoms with van der Waals surface area (Å²) in [5.74, 6) is -3.64. The summed E-state index contributed by atoms with van der Waals surface area (Å²) in [5.41, 5.74) is 3.72. The number of nitrogens with zero attached hydrogens (tertiary/aromatic N) is 6. The van der Waals surface area contributed by atoms with E-state index in [9.17, 15) is 39.6 Å². The van der Waals surface area contributed by atoms with Gasteiger partial charge in [-0.15, -0.1) is 10.2 Å². The molecule has 4 aromatic carbocycles. The molecule has 6 rings (SSSR count). The van der Waals surface area contributed by atoms with E-state index in [1.807, 2.05) is 12.1 Å². The summed E-state index contributed by atoms with van der Waals surface area (Å²) in [6.07, 6.45) is -6.72. The quantitative estimate of drug-likeness (QED) is 0.150. The molecular formula is C33H24Cl2N6O8. The van der Waals surface area contributed by atoms with Crippen molar-refractivity contribution >= 4 is 81.0 Å². The third-order valence-corrected chi connectivity index (χ3v) is 8.29. The maximum absolute atomic E-state index is 12.1. The molecule has 49 heavy (non-hydrogen) atoms. The number of aliphatic hydroxyl groups is 4. The Balaban J connectivity index is 1.07. The van der Waals surface area contributed by atoms with Gasteiger partial charge in [-0.3, -0.25) is 19.2 Å². The van der Waals surface area contributed by atoms with Gasteiger partial charge in [0.25, 0.3) is 23.6 Å². The zero-order valence-corrected chi connectivity index (χ0v) is 26.5. The van der Waals surface area contributed by atoms with E-state index in [-0.39, 0.29) is 11.4 Å². The van der Waals surface area contributed by atoms with Gasteiger partial charge in [-0.25, -0.2) is 9.80 Å². The maximum atomic E-state index is 12.1. The highest BCUT2D eigenvalue weighted by atomic mass is 35.5. The predicted molar refractivity (Wildman–Crippen MR) is 176 cm³/mol. The summed E-state index contributed by atoms with van der Waals surface area (Å²) in [5, 5.41) is 56.0. The molecule has 2 aliphatic rings. The molecule has 2 saturated heterocycles. The smallest absolute Gasteiger partial charge is 0.265 e. The van der Waals surface area contributed by atoms with Crippen LogP contribution in [-0.4, -0.2) is 68.5 Å². The standard InChI is InChI=1S/C33H24Cl2N6O8/c34-22-14-16(1-11-24(22)38-36-18-3-7-20(8-4-18)40-30(46)26(42)27(43)31(40)47)13-17-2-12-25(23(35)15-17)39-37-19-5-9-21(10-6-19)41-32(48)28(44)29(45)33(41)49/h1-12,14-15,26-29,42-45H,13H2. The molecule has 4 unspecified atom stereocenters. The lowest BCUT2D eigenvalue weighted by molar-refractivity contribution is -0.129. The maximum Gasteiger partial charge on any atom is 0.265 e. The van der Waals surface area contributed by atoms with Crippen LogP contribution in [-0.2, 0) is 25.6 Å². The fourth-order valence-electron chi connectivity index (χ4n) is 5.07. The monoisotopic (exact) mass is 702 g/mol. The van der Waals surface area contributed by atoms with Gasteiger partial charge in [0.05, 0.1) is 32.8 Å². The van der Waals surface area contributed by atoms with Crippen LogP contribution < -0.4 is 9.80 Å². The number of imide groups is 2. The Bertz CT molecular complexity index is 1860. The van der Waals surface area contributed by atoms with Crippen LogP contribution in [0.3, 0.4) is 0 Å². The van der Waals surface area contributed by atoms with Crippen molar-refractivity contribution in [3.63, 3.8) is 0 Å². The molecule has 0 radical (unpaired) electrons. The van der Waals surface area contributed by atoms with Crippen LogP contribution in [0.4, 0.5) is 34.1 Å². The van der Waals surface area contributed by atoms with Crippen LogP contribution >= 0.6 is 23.2 Å². The van der Waals surface area contributed by atoms with Crippen LogP contribution in [0.5, 0.6) is 0 Å². The Kier molecular flexibility index (Phi) is 9.43. The van der Waals surface area contributed by atoms with Crippen molar-refractivity contribution in [2.24, 2.45) is 20.5 Å². The number of carbonyl (C=O) groups is 4. The van der Waals surface area contributed by atoms with Crippen molar-refractivity contribution in [1.29, 1.82) is 0 Å². The molecule has 14 nitrogen and oxygen atoms in total. The lowest BCUT2D eigenvalue weighted by Crippen LogP contribution is -2.31. The summed E-state index contributed by atoms with van der Waals surface area (Å²) in [4.78, 5) is 49.7. The molecule has 2 heterocycles. The van der Waals surface area contributed by atoms with Gasteiger partial charge < -0.3 is 20.4 Å². The van der Waals surface area contributed by atoms with Gasteiger partial charge in [-0.1, -0.05) is 35.3 Å². The van der Waals surface area contributed by atoms with Gasteiger partial charge in [0.2, 0.25) is 0 Å². The Hall–Kier alpha value is -5.22. The average molecular weight is 703 g/mol. The number of azo groups is 2. The molecule has 0 spiro atoms. The predicted octanol–water partition coefficient (Wildman–Crippen LogP) is 4.61. The number of carbonyl (C=O) groups excluding carboxylic acids is 4. The van der Waals surface area contributed by atoms with Crippen molar-refractivity contribution in [3.8, 4) is 0 Å². The summed E-state index contributed by atoms with van der Waals surface area (Å²) in [7, 11) is 0. The Morgan fingerprint density at radius 3 is 1.12 bits per heavy atom. The third-order valence-electron chi connectivity index (χ3n) is 7.69. The second-order valence-corrected chi connectivity index (χ2v) is 11.8. The zero-order chi connectivity index (χ0) is 35.0. The second kappa shape index (κ2) is 13.7. The largest absolute Gasteiger partial charge is 0.380 e. The highest BCUT2D eigenvalue weighted by Gasteiger charge is 2.47. The number of amides is 4. The van der Waals surface area contributed by atoms with Gasteiger partial charge in [-0.2, -0.15) is 10.2 Å². The minimum absolute atomic E-state index is 0.177. The van der Waals surface area contributed by atoms with Crippen molar-refractivity contribution < 1.29 is 39.6 Å². The van der Waals surface area contributed by atoms with Gasteiger partial charge in [0, 0.05) is 0 Å². The molecule has 0 saturated carbocycles. The lowest BCUT2D eigenvalue weighted by atomic mass is 10.0. The molecule has 2 aliphatic heterocycles. The highest BCUT2D eigenvalue weighted by Crippen LogP contribution is 2.33. The minimum Gasteiger partial charge on any atom is -0.380 e. The fourth-order valence-corrected chi connectivity index (χ4v) is 5.56. The molecule has 0 aliphatic carbocycles. The van der Waals surface area contributed by atoms with Crippen LogP contribution in [0.15, 0.2) is 105 Å². The van der Waals surface area contributed by atoms with E-state index < -0.39 is 48.0 Å². The number of anilines is 2. The first-order valence-electron chi connectivity index (χ1n) is 14.5. The summed E-state index contributed by atoms with van der Waals surface area (Å²) in [6, 6.07) is 22.4. The van der Waals surface area contributed by atoms with E-state index in [1.54, 1.807) is 24.3 Å². The van der Waals surface area contributed by atoms with Gasteiger partial charge in [-0.05, 0) is 90.3 Å². The van der Waals surface area contributed by atoms with Crippen molar-refractivity contribution in [2.75, 3.05) is 9.80 Å². The van der Waals surface area contributed by atoms with Gasteiger partial charge in [0.15, 0.2) is 24.4 Å². The molecule has 0 aromatic heterocycles. The van der Waals surface area contributed by atoms with Gasteiger partial charge >= 0.3 is 0 Å². The molecular weight excluding hydrogens is 679 g/mol. The molecule has 248 valence electrons. The second-order valence-electron chi connectivity index (χ2n) is 11.0. The first kappa shape index (κ1) is 33.7. The summed E-state index contributed by atoms with van der Waals surface area (Å²) < 4.78 is 0. The Morgan fingerprint density at radius 2 is 0.816 bits per heavy atom. The van der Waals surface area contributed by atoms with E-state index in [0.717, 1.165) is 11.1 Å². The number of benzene rings is 4. The topological polar surface area (TPSA) is 205 Å². The van der Waals surface area contributed by atoms with Gasteiger partial charge in [0.1, 0.15) is 11.4 Å². The molecule has 4 atom stereocenters. The zero-order valence-electron chi connectivity index (χ0n) is 25.0. The van der Waals surface area contributed by atoms with Crippen LogP contribution in [0, 0.1) is 0 Å². The minimum atomic E-state index is -1.80. The van der Waals surface area contributed by atoms with E-state index in [2.05, 4.69) is 20.5 Å². The van der Waals surface area contributed by atoms with Crippen LogP contribution in [0.2, 0.25) is 10.0 Å². The number of hydrogen-bond acceptors (Lipinski definition) is 12. The van der Waals surface area contributed by atoms with E-state index in [0.29, 0.717) is 49.0 Å². The Labute approximate surface area is 287 Å². The Morgan fingerprint density at radius 1 is 0.490 bits per heavy atom. The molecule has 4 aromatic rings. The fraction of sp³-hybridized carbons (Fsp3) is 0.152. The van der Waals surface area contributed by atoms with Crippen LogP contribution in [0.1, 0.15) is 11.1 Å². The number of halogens is 2. The SMILES string of the molecule is O=C1C(O)C(O)C(=O)N1c1ccc(N=Nc2ccc(Cc3ccc(N=Nc4ccc(N5C(=O)C(O)C(O)C5=O)cc4)c(Cl)c3)cc2Cl)cc1. The summed E-state index contributed by atoms with van der Waals surface area (Å²) >= 11 is 12.9. The van der Waals surface area contributed by atoms with E-state index >= 15 is 0 Å². The molecule has 2 fully saturated rings. The third kappa shape index (κ3) is 6.73. The highest BCUT2D eigenvalue weighted by molar-refractivity contribution is 6.33. The van der Waals surface area contributed by atoms with Crippen LogP contribution in [0.25, 0.3) is 0 Å². The first-order valence-corrected chi connectivity index (χ1v) is 15.3. The van der Waals surface area contributed by atoms with Crippen molar-refractivity contribution in [1.82, 2.24) is 0 Å². The first-order chi connectivity index (χ1) is 23.4. The normalized spacial score (nSPS) is 21.3. The van der Waals surface area contributed by atoms with Crippen molar-refractivity contribution in [2.45, 2.75) is 30.8 Å². The van der Waals surface area contributed by atoms with Crippen molar-refractivity contribution in [3.05, 3.63) is 106 Å². The lowest BCUT2D eigenvalue weighted by Gasteiger charge is -2.13. The molecule has 4 N–H and O–H groups in total. The molecule has 4 amide bonds. The number of rotatable bonds is 8. The number of aliphatic hydroxyl groups excluding tert-OH is 4. The summed E-state index contributed by atoms with van der Waals surface area (Å²) in [6.45, 7) is 0.